The van der Waals surface area contributed by atoms with Crippen LogP contribution in [0.1, 0.15) is 50.5 Å². The quantitative estimate of drug-likeness (QED) is 0.889. The van der Waals surface area contributed by atoms with Crippen LogP contribution in [0.3, 0.4) is 0 Å². The average molecular weight is 259 g/mol. The van der Waals surface area contributed by atoms with Gasteiger partial charge < -0.3 is 10.1 Å². The monoisotopic (exact) mass is 259 g/mol. The lowest BCUT2D eigenvalue weighted by molar-refractivity contribution is 0.273. The van der Waals surface area contributed by atoms with Crippen molar-refractivity contribution in [3.05, 3.63) is 29.8 Å². The number of nitrogens with one attached hydrogen (secondary N) is 1. The van der Waals surface area contributed by atoms with Crippen molar-refractivity contribution in [3.63, 3.8) is 0 Å². The number of fused-ring (bicyclic) bond motifs is 1. The van der Waals surface area contributed by atoms with E-state index in [1.54, 1.807) is 0 Å². The van der Waals surface area contributed by atoms with Crippen molar-refractivity contribution in [1.82, 2.24) is 5.32 Å². The molecule has 3 rings (SSSR count). The minimum atomic E-state index is 0.542. The molecule has 19 heavy (non-hydrogen) atoms. The van der Waals surface area contributed by atoms with Gasteiger partial charge in [0.25, 0.3) is 0 Å². The summed E-state index contributed by atoms with van der Waals surface area (Å²) in [7, 11) is 0. The molecule has 0 spiro atoms. The zero-order chi connectivity index (χ0) is 13.1. The Bertz CT molecular complexity index is 409. The molecule has 1 fully saturated rings. The minimum Gasteiger partial charge on any atom is -0.493 e. The molecule has 1 heterocycles. The van der Waals surface area contributed by atoms with Gasteiger partial charge in [-0.1, -0.05) is 31.5 Å². The van der Waals surface area contributed by atoms with Crippen LogP contribution >= 0.6 is 0 Å². The molecule has 104 valence electrons. The Labute approximate surface area is 116 Å². The number of rotatable bonds is 4. The number of hydrogen-bond acceptors (Lipinski definition) is 2. The van der Waals surface area contributed by atoms with Crippen molar-refractivity contribution < 1.29 is 4.74 Å². The Morgan fingerprint density at radius 1 is 1.16 bits per heavy atom. The van der Waals surface area contributed by atoms with Crippen LogP contribution in [0.15, 0.2) is 24.3 Å². The molecule has 0 saturated heterocycles. The third-order valence-electron chi connectivity index (χ3n) is 4.88. The van der Waals surface area contributed by atoms with Crippen LogP contribution in [0.4, 0.5) is 0 Å². The number of hydrogen-bond donors (Lipinski definition) is 1. The summed E-state index contributed by atoms with van der Waals surface area (Å²) in [6.07, 6.45) is 6.88. The van der Waals surface area contributed by atoms with Gasteiger partial charge in [0, 0.05) is 24.1 Å². The Balaban J connectivity index is 1.49. The number of para-hydroxylation sites is 1. The first-order valence-corrected chi connectivity index (χ1v) is 7.82. The molecule has 1 aliphatic heterocycles. The van der Waals surface area contributed by atoms with Gasteiger partial charge in [0.15, 0.2) is 0 Å². The van der Waals surface area contributed by atoms with Crippen LogP contribution in [-0.2, 0) is 0 Å². The molecule has 0 radical (unpaired) electrons. The summed E-state index contributed by atoms with van der Waals surface area (Å²) in [6, 6.07) is 9.20. The lowest BCUT2D eigenvalue weighted by atomic mass is 9.84. The van der Waals surface area contributed by atoms with E-state index in [0.717, 1.165) is 30.9 Å². The summed E-state index contributed by atoms with van der Waals surface area (Å²) in [4.78, 5) is 0. The van der Waals surface area contributed by atoms with Crippen LogP contribution < -0.4 is 10.1 Å². The number of benzene rings is 1. The van der Waals surface area contributed by atoms with E-state index < -0.39 is 0 Å². The lowest BCUT2D eigenvalue weighted by Crippen LogP contribution is -2.36. The van der Waals surface area contributed by atoms with E-state index in [-0.39, 0.29) is 0 Å². The summed E-state index contributed by atoms with van der Waals surface area (Å²) >= 11 is 0. The molecular weight excluding hydrogens is 234 g/mol. The highest BCUT2D eigenvalue weighted by molar-refractivity contribution is 5.39. The lowest BCUT2D eigenvalue weighted by Gasteiger charge is -2.29. The van der Waals surface area contributed by atoms with Crippen LogP contribution in [-0.4, -0.2) is 19.2 Å². The fourth-order valence-electron chi connectivity index (χ4n) is 3.48. The molecule has 0 bridgehead atoms. The topological polar surface area (TPSA) is 21.3 Å². The predicted molar refractivity (Wildman–Crippen MR) is 78.7 cm³/mol. The van der Waals surface area contributed by atoms with E-state index >= 15 is 0 Å². The van der Waals surface area contributed by atoms with Crippen molar-refractivity contribution in [2.75, 3.05) is 13.2 Å². The first-order valence-electron chi connectivity index (χ1n) is 7.82. The van der Waals surface area contributed by atoms with Gasteiger partial charge in [-0.2, -0.15) is 0 Å². The third kappa shape index (κ3) is 2.94. The van der Waals surface area contributed by atoms with E-state index in [9.17, 15) is 0 Å². The largest absolute Gasteiger partial charge is 0.493 e. The number of ether oxygens (including phenoxy) is 1. The molecule has 1 aromatic carbocycles. The van der Waals surface area contributed by atoms with Gasteiger partial charge in [0.1, 0.15) is 5.75 Å². The summed E-state index contributed by atoms with van der Waals surface area (Å²) in [6.45, 7) is 4.24. The van der Waals surface area contributed by atoms with Gasteiger partial charge in [-0.25, -0.2) is 0 Å². The maximum Gasteiger partial charge on any atom is 0.122 e. The molecule has 2 nitrogen and oxygen atoms in total. The second-order valence-electron chi connectivity index (χ2n) is 6.08. The normalized spacial score (nSPS) is 29.8. The van der Waals surface area contributed by atoms with Crippen molar-refractivity contribution in [2.45, 2.75) is 51.0 Å². The zero-order valence-electron chi connectivity index (χ0n) is 11.9. The van der Waals surface area contributed by atoms with Gasteiger partial charge >= 0.3 is 0 Å². The third-order valence-corrected chi connectivity index (χ3v) is 4.88. The van der Waals surface area contributed by atoms with Gasteiger partial charge in [-0.05, 0) is 37.7 Å². The van der Waals surface area contributed by atoms with Crippen LogP contribution in [0, 0.1) is 5.92 Å². The summed E-state index contributed by atoms with van der Waals surface area (Å²) in [5.41, 5.74) is 1.39. The molecule has 1 aliphatic carbocycles. The Kier molecular flexibility index (Phi) is 4.07. The van der Waals surface area contributed by atoms with Crippen LogP contribution in [0.5, 0.6) is 5.75 Å². The fourth-order valence-corrected chi connectivity index (χ4v) is 3.48. The maximum atomic E-state index is 5.75. The second kappa shape index (κ2) is 5.96. The molecule has 2 heteroatoms. The van der Waals surface area contributed by atoms with E-state index in [2.05, 4.69) is 36.5 Å². The molecule has 2 aliphatic rings. The zero-order valence-corrected chi connectivity index (χ0v) is 11.9. The summed E-state index contributed by atoms with van der Waals surface area (Å²) in [5, 5.41) is 3.77. The molecular formula is C17H25NO. The molecule has 0 aromatic heterocycles. The maximum absolute atomic E-state index is 5.75. The molecule has 1 aromatic rings. The molecule has 1 saturated carbocycles. The van der Waals surface area contributed by atoms with E-state index in [1.165, 1.54) is 37.7 Å². The second-order valence-corrected chi connectivity index (χ2v) is 6.08. The van der Waals surface area contributed by atoms with Crippen molar-refractivity contribution >= 4 is 0 Å². The smallest absolute Gasteiger partial charge is 0.122 e. The molecule has 1 atom stereocenters. The van der Waals surface area contributed by atoms with E-state index in [1.807, 2.05) is 0 Å². The highest BCUT2D eigenvalue weighted by Crippen LogP contribution is 2.33. The molecule has 1 unspecified atom stereocenters. The molecule has 0 amide bonds. The summed E-state index contributed by atoms with van der Waals surface area (Å²) < 4.78 is 5.75. The van der Waals surface area contributed by atoms with Gasteiger partial charge in [-0.15, -0.1) is 0 Å². The SMILES string of the molecule is CCC1CCC(NCC2COc3ccccc32)CC1. The molecule has 1 N–H and O–H groups in total. The summed E-state index contributed by atoms with van der Waals surface area (Å²) in [5.74, 6) is 2.61. The Morgan fingerprint density at radius 3 is 2.74 bits per heavy atom. The van der Waals surface area contributed by atoms with Crippen molar-refractivity contribution in [3.8, 4) is 5.75 Å². The van der Waals surface area contributed by atoms with E-state index in [4.69, 9.17) is 4.74 Å². The van der Waals surface area contributed by atoms with Gasteiger partial charge in [0.2, 0.25) is 0 Å². The van der Waals surface area contributed by atoms with Crippen LogP contribution in [0.25, 0.3) is 0 Å². The highest BCUT2D eigenvalue weighted by atomic mass is 16.5. The fraction of sp³-hybridized carbons (Fsp3) is 0.647. The highest BCUT2D eigenvalue weighted by Gasteiger charge is 2.25. The van der Waals surface area contributed by atoms with E-state index in [0.29, 0.717) is 5.92 Å². The first-order chi connectivity index (χ1) is 9.36. The van der Waals surface area contributed by atoms with Crippen LogP contribution in [0.2, 0.25) is 0 Å². The Morgan fingerprint density at radius 2 is 1.95 bits per heavy atom. The van der Waals surface area contributed by atoms with Crippen molar-refractivity contribution in [2.24, 2.45) is 5.92 Å². The minimum absolute atomic E-state index is 0.542. The Hall–Kier alpha value is -1.02. The van der Waals surface area contributed by atoms with Gasteiger partial charge in [0.05, 0.1) is 6.61 Å². The average Bonchev–Trinajstić information content (AvgIpc) is 2.89. The standard InChI is InChI=1S/C17H25NO/c1-2-13-7-9-15(10-8-13)18-11-14-12-19-17-6-4-3-5-16(14)17/h3-6,13-15,18H,2,7-12H2,1H3. The van der Waals surface area contributed by atoms with Crippen molar-refractivity contribution in [1.29, 1.82) is 0 Å². The predicted octanol–water partition coefficient (Wildman–Crippen LogP) is 3.72. The first kappa shape index (κ1) is 13.0. The van der Waals surface area contributed by atoms with Gasteiger partial charge in [-0.3, -0.25) is 0 Å².